The van der Waals surface area contributed by atoms with Crippen LogP contribution in [-0.4, -0.2) is 20.5 Å². The summed E-state index contributed by atoms with van der Waals surface area (Å²) in [6, 6.07) is 10.4. The third-order valence-electron chi connectivity index (χ3n) is 5.48. The fourth-order valence-corrected chi connectivity index (χ4v) is 4.03. The van der Waals surface area contributed by atoms with Crippen LogP contribution in [0, 0.1) is 5.92 Å². The molecule has 6 nitrogen and oxygen atoms in total. The Labute approximate surface area is 152 Å². The summed E-state index contributed by atoms with van der Waals surface area (Å²) in [6.45, 7) is 0. The van der Waals surface area contributed by atoms with Gasteiger partial charge in [0.2, 0.25) is 5.91 Å². The van der Waals surface area contributed by atoms with Crippen LogP contribution < -0.4 is 11.5 Å². The van der Waals surface area contributed by atoms with Crippen molar-refractivity contribution in [1.82, 2.24) is 14.6 Å². The van der Waals surface area contributed by atoms with Gasteiger partial charge in [-0.25, -0.2) is 4.98 Å². The number of carbonyl (C=O) groups excluding carboxylic acids is 1. The van der Waals surface area contributed by atoms with Gasteiger partial charge in [-0.05, 0) is 48.6 Å². The fraction of sp³-hybridized carbons (Fsp3) is 0.350. The zero-order valence-electron chi connectivity index (χ0n) is 14.6. The second-order valence-corrected chi connectivity index (χ2v) is 7.17. The van der Waals surface area contributed by atoms with Gasteiger partial charge in [-0.3, -0.25) is 4.79 Å². The number of primary amides is 1. The second kappa shape index (κ2) is 6.78. The van der Waals surface area contributed by atoms with Gasteiger partial charge in [0.25, 0.3) is 0 Å². The molecule has 4 N–H and O–H groups in total. The lowest BCUT2D eigenvalue weighted by Crippen LogP contribution is -2.20. The Kier molecular flexibility index (Phi) is 4.32. The summed E-state index contributed by atoms with van der Waals surface area (Å²) in [4.78, 5) is 15.5. The van der Waals surface area contributed by atoms with E-state index in [1.165, 1.54) is 5.56 Å². The third kappa shape index (κ3) is 3.14. The van der Waals surface area contributed by atoms with Crippen LogP contribution >= 0.6 is 0 Å². The monoisotopic (exact) mass is 349 g/mol. The van der Waals surface area contributed by atoms with Crippen molar-refractivity contribution in [3.8, 4) is 11.1 Å². The lowest BCUT2D eigenvalue weighted by atomic mass is 9.77. The predicted molar refractivity (Wildman–Crippen MR) is 101 cm³/mol. The number of rotatable bonds is 4. The molecule has 0 unspecified atom stereocenters. The van der Waals surface area contributed by atoms with Crippen LogP contribution in [0.4, 0.5) is 5.82 Å². The van der Waals surface area contributed by atoms with E-state index in [1.54, 1.807) is 16.9 Å². The van der Waals surface area contributed by atoms with Crippen molar-refractivity contribution in [3.05, 3.63) is 48.3 Å². The van der Waals surface area contributed by atoms with Crippen molar-refractivity contribution in [2.24, 2.45) is 11.7 Å². The van der Waals surface area contributed by atoms with E-state index in [4.69, 9.17) is 11.5 Å². The average Bonchev–Trinajstić information content (AvgIpc) is 3.12. The van der Waals surface area contributed by atoms with E-state index in [2.05, 4.69) is 34.3 Å². The molecular formula is C20H23N5O. The summed E-state index contributed by atoms with van der Waals surface area (Å²) in [7, 11) is 0. The number of carbonyl (C=O) groups is 1. The van der Waals surface area contributed by atoms with Gasteiger partial charge in [-0.15, -0.1) is 0 Å². The molecule has 4 rings (SSSR count). The van der Waals surface area contributed by atoms with Crippen molar-refractivity contribution < 1.29 is 4.79 Å². The van der Waals surface area contributed by atoms with E-state index >= 15 is 0 Å². The summed E-state index contributed by atoms with van der Waals surface area (Å²) >= 11 is 0. The Morgan fingerprint density at radius 3 is 2.54 bits per heavy atom. The molecule has 0 spiro atoms. The first kappa shape index (κ1) is 16.6. The van der Waals surface area contributed by atoms with Gasteiger partial charge >= 0.3 is 0 Å². The van der Waals surface area contributed by atoms with Gasteiger partial charge < -0.3 is 11.5 Å². The summed E-state index contributed by atoms with van der Waals surface area (Å²) in [6.07, 6.45) is 8.38. The smallest absolute Gasteiger partial charge is 0.217 e. The maximum atomic E-state index is 11.1. The van der Waals surface area contributed by atoms with E-state index < -0.39 is 0 Å². The molecule has 1 amide bonds. The highest BCUT2D eigenvalue weighted by molar-refractivity contribution is 5.75. The molecule has 3 aromatic rings. The van der Waals surface area contributed by atoms with Gasteiger partial charge in [-0.1, -0.05) is 24.3 Å². The van der Waals surface area contributed by atoms with Crippen molar-refractivity contribution in [2.45, 2.75) is 38.0 Å². The highest BCUT2D eigenvalue weighted by Crippen LogP contribution is 2.37. The standard InChI is InChI=1S/C20H23N5O/c21-18(26)11-13-1-3-14(4-2-13)15-5-7-16(8-6-15)17-12-23-19-9-10-24-25(19)20(17)22/h5-10,12-14H,1-4,11,22H2,(H2,21,26). The number of benzene rings is 1. The Balaban J connectivity index is 1.50. The molecular weight excluding hydrogens is 326 g/mol. The Hall–Kier alpha value is -2.89. The molecule has 26 heavy (non-hydrogen) atoms. The van der Waals surface area contributed by atoms with Crippen molar-refractivity contribution in [2.75, 3.05) is 5.73 Å². The number of hydrogen-bond acceptors (Lipinski definition) is 4. The minimum Gasteiger partial charge on any atom is -0.383 e. The molecule has 1 aliphatic carbocycles. The van der Waals surface area contributed by atoms with Crippen molar-refractivity contribution in [1.29, 1.82) is 0 Å². The number of anilines is 1. The molecule has 0 saturated heterocycles. The molecule has 1 aromatic carbocycles. The van der Waals surface area contributed by atoms with E-state index in [9.17, 15) is 4.79 Å². The normalized spacial score (nSPS) is 20.3. The molecule has 0 radical (unpaired) electrons. The molecule has 1 fully saturated rings. The van der Waals surface area contributed by atoms with Crippen LogP contribution in [0.1, 0.15) is 43.6 Å². The number of nitrogen functional groups attached to an aromatic ring is 1. The molecule has 1 saturated carbocycles. The van der Waals surface area contributed by atoms with Gasteiger partial charge in [0.1, 0.15) is 5.82 Å². The lowest BCUT2D eigenvalue weighted by molar-refractivity contribution is -0.119. The first-order chi connectivity index (χ1) is 12.6. The number of nitrogens with zero attached hydrogens (tertiary/aromatic N) is 3. The molecule has 2 aromatic heterocycles. The number of amides is 1. The van der Waals surface area contributed by atoms with Crippen LogP contribution in [0.2, 0.25) is 0 Å². The van der Waals surface area contributed by atoms with Crippen LogP contribution in [0.5, 0.6) is 0 Å². The zero-order chi connectivity index (χ0) is 18.1. The van der Waals surface area contributed by atoms with Crippen molar-refractivity contribution in [3.63, 3.8) is 0 Å². The third-order valence-corrected chi connectivity index (χ3v) is 5.48. The minimum atomic E-state index is -0.182. The second-order valence-electron chi connectivity index (χ2n) is 7.17. The highest BCUT2D eigenvalue weighted by atomic mass is 16.1. The summed E-state index contributed by atoms with van der Waals surface area (Å²) in [5.74, 6) is 1.42. The van der Waals surface area contributed by atoms with Gasteiger partial charge in [-0.2, -0.15) is 9.61 Å². The topological polar surface area (TPSA) is 99.3 Å². The highest BCUT2D eigenvalue weighted by Gasteiger charge is 2.23. The van der Waals surface area contributed by atoms with Crippen LogP contribution in [0.15, 0.2) is 42.7 Å². The Morgan fingerprint density at radius 1 is 1.12 bits per heavy atom. The average molecular weight is 349 g/mol. The number of fused-ring (bicyclic) bond motifs is 1. The molecule has 0 aliphatic heterocycles. The number of aromatic nitrogens is 3. The maximum Gasteiger partial charge on any atom is 0.217 e. The molecule has 0 bridgehead atoms. The van der Waals surface area contributed by atoms with Gasteiger partial charge in [0.05, 0.1) is 6.20 Å². The van der Waals surface area contributed by atoms with Crippen LogP contribution in [0.3, 0.4) is 0 Å². The van der Waals surface area contributed by atoms with Gasteiger partial charge in [0, 0.05) is 24.2 Å². The van der Waals surface area contributed by atoms with Crippen molar-refractivity contribution >= 4 is 17.4 Å². The lowest BCUT2D eigenvalue weighted by Gasteiger charge is -2.28. The number of hydrogen-bond donors (Lipinski definition) is 2. The molecule has 6 heteroatoms. The summed E-state index contributed by atoms with van der Waals surface area (Å²) in [5, 5.41) is 4.22. The van der Waals surface area contributed by atoms with E-state index in [1.807, 2.05) is 6.07 Å². The first-order valence-corrected chi connectivity index (χ1v) is 9.08. The van der Waals surface area contributed by atoms with E-state index in [0.717, 1.165) is 42.5 Å². The van der Waals surface area contributed by atoms with Crippen LogP contribution in [-0.2, 0) is 4.79 Å². The van der Waals surface area contributed by atoms with E-state index in [-0.39, 0.29) is 5.91 Å². The molecule has 2 heterocycles. The zero-order valence-corrected chi connectivity index (χ0v) is 14.6. The largest absolute Gasteiger partial charge is 0.383 e. The number of nitrogens with two attached hydrogens (primary N) is 2. The Morgan fingerprint density at radius 2 is 1.85 bits per heavy atom. The quantitative estimate of drug-likeness (QED) is 0.756. The van der Waals surface area contributed by atoms with Gasteiger partial charge in [0.15, 0.2) is 5.65 Å². The summed E-state index contributed by atoms with van der Waals surface area (Å²) in [5.41, 5.74) is 15.6. The van der Waals surface area contributed by atoms with E-state index in [0.29, 0.717) is 24.1 Å². The SMILES string of the molecule is NC(=O)CC1CCC(c2ccc(-c3cnc4ccnn4c3N)cc2)CC1. The fourth-order valence-electron chi connectivity index (χ4n) is 4.03. The Bertz CT molecular complexity index is 923. The molecule has 0 atom stereocenters. The maximum absolute atomic E-state index is 11.1. The molecule has 134 valence electrons. The van der Waals surface area contributed by atoms with Crippen LogP contribution in [0.25, 0.3) is 16.8 Å². The minimum absolute atomic E-state index is 0.182. The molecule has 1 aliphatic rings. The summed E-state index contributed by atoms with van der Waals surface area (Å²) < 4.78 is 1.66. The first-order valence-electron chi connectivity index (χ1n) is 9.08. The predicted octanol–water partition coefficient (Wildman–Crippen LogP) is 3.13.